The maximum absolute atomic E-state index is 12.8. The first-order valence-electron chi connectivity index (χ1n) is 4.56. The van der Waals surface area contributed by atoms with Crippen LogP contribution in [0, 0.1) is 5.82 Å². The third-order valence-electron chi connectivity index (χ3n) is 1.63. The summed E-state index contributed by atoms with van der Waals surface area (Å²) in [6.45, 7) is -0.0282. The molecule has 86 valence electrons. The van der Waals surface area contributed by atoms with Crippen LogP contribution < -0.4 is 5.48 Å². The lowest BCUT2D eigenvalue weighted by Gasteiger charge is -2.00. The molecule has 0 unspecified atom stereocenters. The summed E-state index contributed by atoms with van der Waals surface area (Å²) in [5.74, 6) is -0.792. The fourth-order valence-electron chi connectivity index (χ4n) is 0.976. The van der Waals surface area contributed by atoms with Gasteiger partial charge in [-0.05, 0) is 23.8 Å². The van der Waals surface area contributed by atoms with Gasteiger partial charge in [0.15, 0.2) is 6.79 Å². The summed E-state index contributed by atoms with van der Waals surface area (Å²) in [6, 6.07) is 5.90. The van der Waals surface area contributed by atoms with Crippen molar-refractivity contribution in [3.05, 3.63) is 41.7 Å². The normalized spacial score (nSPS) is 10.6. The van der Waals surface area contributed by atoms with E-state index in [9.17, 15) is 9.18 Å². The van der Waals surface area contributed by atoms with Crippen molar-refractivity contribution in [2.75, 3.05) is 13.9 Å². The molecule has 1 aromatic carbocycles. The van der Waals surface area contributed by atoms with E-state index in [4.69, 9.17) is 0 Å². The lowest BCUT2D eigenvalue weighted by atomic mass is 10.2. The second-order valence-corrected chi connectivity index (χ2v) is 2.91. The molecule has 0 heterocycles. The maximum Gasteiger partial charge on any atom is 0.267 e. The topological polar surface area (TPSA) is 47.6 Å². The fourth-order valence-corrected chi connectivity index (χ4v) is 0.976. The number of benzene rings is 1. The van der Waals surface area contributed by atoms with Gasteiger partial charge in [-0.25, -0.2) is 14.7 Å². The Hall–Kier alpha value is -1.72. The van der Waals surface area contributed by atoms with Gasteiger partial charge in [-0.3, -0.25) is 4.79 Å². The Balaban J connectivity index is 2.44. The molecule has 0 bridgehead atoms. The van der Waals surface area contributed by atoms with Crippen LogP contribution in [0.5, 0.6) is 0 Å². The van der Waals surface area contributed by atoms with Gasteiger partial charge in [0.25, 0.3) is 5.91 Å². The number of hydrogen-bond donors (Lipinski definition) is 1. The SMILES string of the molecule is COCONC(=O)/C=C/c1cccc(F)c1. The van der Waals surface area contributed by atoms with Gasteiger partial charge in [-0.15, -0.1) is 0 Å². The van der Waals surface area contributed by atoms with Crippen molar-refractivity contribution in [1.82, 2.24) is 5.48 Å². The predicted octanol–water partition coefficient (Wildman–Crippen LogP) is 1.49. The number of hydrogen-bond acceptors (Lipinski definition) is 3. The molecule has 0 saturated carbocycles. The van der Waals surface area contributed by atoms with Crippen molar-refractivity contribution in [2.45, 2.75) is 0 Å². The number of methoxy groups -OCH3 is 1. The molecule has 0 atom stereocenters. The third kappa shape index (κ3) is 4.68. The van der Waals surface area contributed by atoms with E-state index < -0.39 is 5.91 Å². The van der Waals surface area contributed by atoms with E-state index in [2.05, 4.69) is 15.1 Å². The number of rotatable bonds is 5. The highest BCUT2D eigenvalue weighted by Crippen LogP contribution is 2.04. The van der Waals surface area contributed by atoms with E-state index in [0.29, 0.717) is 5.56 Å². The molecule has 1 N–H and O–H groups in total. The maximum atomic E-state index is 12.8. The van der Waals surface area contributed by atoms with Crippen LogP contribution in [0.3, 0.4) is 0 Å². The minimum atomic E-state index is -0.443. The minimum absolute atomic E-state index is 0.0282. The molecule has 0 aliphatic heterocycles. The largest absolute Gasteiger partial charge is 0.356 e. The average Bonchev–Trinajstić information content (AvgIpc) is 2.27. The second kappa shape index (κ2) is 6.71. The lowest BCUT2D eigenvalue weighted by molar-refractivity contribution is -0.139. The summed E-state index contributed by atoms with van der Waals surface area (Å²) in [5, 5.41) is 0. The molecule has 0 aliphatic carbocycles. The quantitative estimate of drug-likeness (QED) is 0.357. The molecule has 0 radical (unpaired) electrons. The molecule has 0 fully saturated rings. The highest BCUT2D eigenvalue weighted by Gasteiger charge is 1.95. The first-order chi connectivity index (χ1) is 7.72. The highest BCUT2D eigenvalue weighted by molar-refractivity contribution is 5.90. The van der Waals surface area contributed by atoms with E-state index in [1.165, 1.54) is 31.4 Å². The molecule has 1 amide bonds. The van der Waals surface area contributed by atoms with Crippen molar-refractivity contribution in [3.8, 4) is 0 Å². The second-order valence-electron chi connectivity index (χ2n) is 2.91. The van der Waals surface area contributed by atoms with Crippen molar-refractivity contribution >= 4 is 12.0 Å². The summed E-state index contributed by atoms with van der Waals surface area (Å²) in [4.78, 5) is 15.7. The number of amides is 1. The van der Waals surface area contributed by atoms with Gasteiger partial charge in [0.2, 0.25) is 0 Å². The molecule has 4 nitrogen and oxygen atoms in total. The molecule has 1 aromatic rings. The van der Waals surface area contributed by atoms with E-state index >= 15 is 0 Å². The molecule has 0 aliphatic rings. The van der Waals surface area contributed by atoms with E-state index in [1.54, 1.807) is 12.1 Å². The molecule has 0 aromatic heterocycles. The van der Waals surface area contributed by atoms with Crippen LogP contribution in [-0.4, -0.2) is 19.8 Å². The van der Waals surface area contributed by atoms with Crippen molar-refractivity contribution in [3.63, 3.8) is 0 Å². The summed E-state index contributed by atoms with van der Waals surface area (Å²) in [5.41, 5.74) is 2.72. The lowest BCUT2D eigenvalue weighted by Crippen LogP contribution is -2.22. The van der Waals surface area contributed by atoms with E-state index in [-0.39, 0.29) is 12.6 Å². The zero-order valence-electron chi connectivity index (χ0n) is 8.77. The van der Waals surface area contributed by atoms with Crippen LogP contribution in [0.1, 0.15) is 5.56 Å². The van der Waals surface area contributed by atoms with Crippen molar-refractivity contribution < 1.29 is 18.8 Å². The Labute approximate surface area is 92.6 Å². The summed E-state index contributed by atoms with van der Waals surface area (Å²) in [6.07, 6.45) is 2.72. The molecular formula is C11H12FNO3. The van der Waals surface area contributed by atoms with Gasteiger partial charge in [-0.2, -0.15) is 0 Å². The number of halogens is 1. The van der Waals surface area contributed by atoms with Crippen LogP contribution in [0.25, 0.3) is 6.08 Å². The fraction of sp³-hybridized carbons (Fsp3) is 0.182. The Kier molecular flexibility index (Phi) is 5.18. The average molecular weight is 225 g/mol. The standard InChI is InChI=1S/C11H12FNO3/c1-15-8-16-13-11(14)6-5-9-3-2-4-10(12)7-9/h2-7H,8H2,1H3,(H,13,14)/b6-5+. The smallest absolute Gasteiger partial charge is 0.267 e. The predicted molar refractivity (Wildman–Crippen MR) is 56.5 cm³/mol. The summed E-state index contributed by atoms with van der Waals surface area (Å²) >= 11 is 0. The monoisotopic (exact) mass is 225 g/mol. The van der Waals surface area contributed by atoms with Crippen LogP contribution in [-0.2, 0) is 14.4 Å². The van der Waals surface area contributed by atoms with Crippen LogP contribution in [0.15, 0.2) is 30.3 Å². The van der Waals surface area contributed by atoms with Gasteiger partial charge in [-0.1, -0.05) is 12.1 Å². The Morgan fingerprint density at radius 1 is 1.56 bits per heavy atom. The van der Waals surface area contributed by atoms with Gasteiger partial charge < -0.3 is 4.74 Å². The number of carbonyl (C=O) groups is 1. The molecule has 0 saturated heterocycles. The highest BCUT2D eigenvalue weighted by atomic mass is 19.1. The van der Waals surface area contributed by atoms with Gasteiger partial charge >= 0.3 is 0 Å². The van der Waals surface area contributed by atoms with Crippen molar-refractivity contribution in [2.24, 2.45) is 0 Å². The van der Waals surface area contributed by atoms with Gasteiger partial charge in [0.1, 0.15) is 5.82 Å². The summed E-state index contributed by atoms with van der Waals surface area (Å²) in [7, 11) is 1.44. The van der Waals surface area contributed by atoms with Gasteiger partial charge in [0.05, 0.1) is 0 Å². The summed E-state index contributed by atoms with van der Waals surface area (Å²) < 4.78 is 17.3. The number of hydroxylamine groups is 1. The first kappa shape index (κ1) is 12.4. The van der Waals surface area contributed by atoms with Crippen molar-refractivity contribution in [1.29, 1.82) is 0 Å². The third-order valence-corrected chi connectivity index (χ3v) is 1.63. The zero-order valence-corrected chi connectivity index (χ0v) is 8.77. The zero-order chi connectivity index (χ0) is 11.8. The number of ether oxygens (including phenoxy) is 1. The Bertz CT molecular complexity index is 379. The first-order valence-corrected chi connectivity index (χ1v) is 4.56. The molecule has 5 heteroatoms. The molecule has 1 rings (SSSR count). The van der Waals surface area contributed by atoms with E-state index in [0.717, 1.165) is 0 Å². The number of carbonyl (C=O) groups excluding carboxylic acids is 1. The van der Waals surface area contributed by atoms with Crippen LogP contribution in [0.4, 0.5) is 4.39 Å². The Morgan fingerprint density at radius 2 is 2.38 bits per heavy atom. The van der Waals surface area contributed by atoms with Gasteiger partial charge in [0, 0.05) is 13.2 Å². The molecule has 0 spiro atoms. The molecular weight excluding hydrogens is 213 g/mol. The Morgan fingerprint density at radius 3 is 3.06 bits per heavy atom. The van der Waals surface area contributed by atoms with Crippen LogP contribution >= 0.6 is 0 Å². The number of nitrogens with one attached hydrogen (secondary N) is 1. The molecule has 16 heavy (non-hydrogen) atoms. The van der Waals surface area contributed by atoms with E-state index in [1.807, 2.05) is 0 Å². The van der Waals surface area contributed by atoms with Crippen LogP contribution in [0.2, 0.25) is 0 Å². The minimum Gasteiger partial charge on any atom is -0.356 e.